The predicted molar refractivity (Wildman–Crippen MR) is 90.5 cm³/mol. The second kappa shape index (κ2) is 6.09. The lowest BCUT2D eigenvalue weighted by molar-refractivity contribution is -0.384. The number of nitro benzene ring substituents is 1. The Labute approximate surface area is 140 Å². The number of aromatic nitrogens is 2. The third kappa shape index (κ3) is 2.70. The molecule has 1 N–H and O–H groups in total. The molecule has 3 aromatic rings. The van der Waals surface area contributed by atoms with Crippen molar-refractivity contribution >= 4 is 17.9 Å². The summed E-state index contributed by atoms with van der Waals surface area (Å²) < 4.78 is 2.60. The van der Waals surface area contributed by atoms with Crippen LogP contribution >= 0.6 is 12.2 Å². The van der Waals surface area contributed by atoms with E-state index in [0.717, 1.165) is 6.07 Å². The van der Waals surface area contributed by atoms with E-state index < -0.39 is 10.5 Å². The first-order valence-electron chi connectivity index (χ1n) is 6.87. The van der Waals surface area contributed by atoms with Gasteiger partial charge in [-0.15, -0.1) is 0 Å². The number of aromatic hydroxyl groups is 1. The minimum Gasteiger partial charge on any atom is -0.494 e. The average molecular weight is 341 g/mol. The Morgan fingerprint density at radius 3 is 2.12 bits per heavy atom. The van der Waals surface area contributed by atoms with Crippen molar-refractivity contribution in [3.05, 3.63) is 85.9 Å². The fourth-order valence-electron chi connectivity index (χ4n) is 2.31. The lowest BCUT2D eigenvalue weighted by Crippen LogP contribution is -2.22. The lowest BCUT2D eigenvalue weighted by atomic mass is 10.3. The van der Waals surface area contributed by atoms with Crippen molar-refractivity contribution < 1.29 is 10.0 Å². The molecule has 0 radical (unpaired) electrons. The van der Waals surface area contributed by atoms with E-state index >= 15 is 0 Å². The Morgan fingerprint density at radius 2 is 1.54 bits per heavy atom. The summed E-state index contributed by atoms with van der Waals surface area (Å²) in [5, 5.41) is 20.9. The SMILES string of the molecule is O=c1cc(O)n(-c2ccc([N+](=O)[O-])cc2)c(=S)n1-c1ccccc1. The Kier molecular flexibility index (Phi) is 3.97. The maximum absolute atomic E-state index is 12.2. The van der Waals surface area contributed by atoms with Gasteiger partial charge in [-0.3, -0.25) is 24.0 Å². The summed E-state index contributed by atoms with van der Waals surface area (Å²) in [7, 11) is 0. The normalized spacial score (nSPS) is 10.5. The maximum Gasteiger partial charge on any atom is 0.269 e. The molecule has 120 valence electrons. The average Bonchev–Trinajstić information content (AvgIpc) is 2.56. The molecule has 0 atom stereocenters. The number of para-hydroxylation sites is 1. The minimum absolute atomic E-state index is 0.0556. The molecule has 8 heteroatoms. The zero-order valence-corrected chi connectivity index (χ0v) is 13.0. The molecule has 7 nitrogen and oxygen atoms in total. The molecular weight excluding hydrogens is 330 g/mol. The highest BCUT2D eigenvalue weighted by atomic mass is 32.1. The van der Waals surface area contributed by atoms with E-state index in [4.69, 9.17) is 12.2 Å². The van der Waals surface area contributed by atoms with Gasteiger partial charge in [-0.25, -0.2) is 0 Å². The summed E-state index contributed by atoms with van der Waals surface area (Å²) in [4.78, 5) is 22.5. The van der Waals surface area contributed by atoms with Gasteiger partial charge in [0.1, 0.15) is 0 Å². The van der Waals surface area contributed by atoms with Crippen molar-refractivity contribution in [3.63, 3.8) is 0 Å². The van der Waals surface area contributed by atoms with Gasteiger partial charge in [0.2, 0.25) is 5.88 Å². The van der Waals surface area contributed by atoms with Gasteiger partial charge in [-0.05, 0) is 36.5 Å². The van der Waals surface area contributed by atoms with E-state index in [9.17, 15) is 20.0 Å². The van der Waals surface area contributed by atoms with Crippen LogP contribution < -0.4 is 5.56 Å². The third-order valence-corrected chi connectivity index (χ3v) is 3.78. The fourth-order valence-corrected chi connectivity index (χ4v) is 2.71. The molecule has 3 rings (SSSR count). The first-order valence-corrected chi connectivity index (χ1v) is 7.28. The van der Waals surface area contributed by atoms with E-state index in [1.54, 1.807) is 24.3 Å². The summed E-state index contributed by atoms with van der Waals surface area (Å²) in [5.74, 6) is -0.342. The first kappa shape index (κ1) is 15.6. The van der Waals surface area contributed by atoms with Crippen LogP contribution in [-0.4, -0.2) is 19.2 Å². The van der Waals surface area contributed by atoms with E-state index in [-0.39, 0.29) is 16.3 Å². The largest absolute Gasteiger partial charge is 0.494 e. The summed E-state index contributed by atoms with van der Waals surface area (Å²) in [6.07, 6.45) is 0. The summed E-state index contributed by atoms with van der Waals surface area (Å²) >= 11 is 5.35. The van der Waals surface area contributed by atoms with Crippen molar-refractivity contribution in [2.24, 2.45) is 0 Å². The minimum atomic E-state index is -0.520. The van der Waals surface area contributed by atoms with Gasteiger partial charge in [0.15, 0.2) is 4.77 Å². The van der Waals surface area contributed by atoms with Crippen molar-refractivity contribution in [1.82, 2.24) is 9.13 Å². The monoisotopic (exact) mass is 341 g/mol. The first-order chi connectivity index (χ1) is 11.5. The number of hydrogen-bond donors (Lipinski definition) is 1. The van der Waals surface area contributed by atoms with Gasteiger partial charge in [-0.1, -0.05) is 18.2 Å². The van der Waals surface area contributed by atoms with E-state index in [2.05, 4.69) is 0 Å². The van der Waals surface area contributed by atoms with Crippen LogP contribution in [0.2, 0.25) is 0 Å². The lowest BCUT2D eigenvalue weighted by Gasteiger charge is -2.14. The zero-order chi connectivity index (χ0) is 17.3. The molecule has 24 heavy (non-hydrogen) atoms. The molecule has 0 aliphatic carbocycles. The van der Waals surface area contributed by atoms with Gasteiger partial charge >= 0.3 is 0 Å². The highest BCUT2D eigenvalue weighted by molar-refractivity contribution is 7.71. The molecule has 0 amide bonds. The van der Waals surface area contributed by atoms with Crippen LogP contribution in [0.3, 0.4) is 0 Å². The second-order valence-electron chi connectivity index (χ2n) is 4.90. The fraction of sp³-hybridized carbons (Fsp3) is 0. The third-order valence-electron chi connectivity index (χ3n) is 3.42. The van der Waals surface area contributed by atoms with Crippen molar-refractivity contribution in [1.29, 1.82) is 0 Å². The van der Waals surface area contributed by atoms with Crippen LogP contribution in [0.25, 0.3) is 11.4 Å². The molecular formula is C16H11N3O4S. The predicted octanol–water partition coefficient (Wildman–Crippen LogP) is 2.97. The van der Waals surface area contributed by atoms with Crippen LogP contribution in [0.15, 0.2) is 65.5 Å². The number of nitro groups is 1. The van der Waals surface area contributed by atoms with Gasteiger partial charge < -0.3 is 5.11 Å². The number of hydrogen-bond acceptors (Lipinski definition) is 5. The Hall–Kier alpha value is -3.26. The van der Waals surface area contributed by atoms with Gasteiger partial charge in [-0.2, -0.15) is 0 Å². The summed E-state index contributed by atoms with van der Waals surface area (Å²) in [6.45, 7) is 0. The van der Waals surface area contributed by atoms with E-state index in [0.29, 0.717) is 11.4 Å². The Morgan fingerprint density at radius 1 is 0.958 bits per heavy atom. The summed E-state index contributed by atoms with van der Waals surface area (Å²) in [5.41, 5.74) is 0.416. The molecule has 0 saturated carbocycles. The number of nitrogens with zero attached hydrogens (tertiary/aromatic N) is 3. The number of benzene rings is 2. The molecule has 0 unspecified atom stereocenters. The summed E-state index contributed by atoms with van der Waals surface area (Å²) in [6, 6.07) is 15.3. The smallest absolute Gasteiger partial charge is 0.269 e. The van der Waals surface area contributed by atoms with Crippen LogP contribution in [0.4, 0.5) is 5.69 Å². The molecule has 0 aliphatic rings. The van der Waals surface area contributed by atoms with Gasteiger partial charge in [0.25, 0.3) is 11.2 Å². The molecule has 0 aliphatic heterocycles. The molecule has 1 heterocycles. The standard InChI is InChI=1S/C16H11N3O4S/c20-14-10-15(21)18(12-6-8-13(9-7-12)19(22)23)16(24)17(14)11-4-2-1-3-5-11/h1-10,21H. The highest BCUT2D eigenvalue weighted by Crippen LogP contribution is 2.20. The van der Waals surface area contributed by atoms with E-state index in [1.807, 2.05) is 6.07 Å². The molecule has 2 aromatic carbocycles. The van der Waals surface area contributed by atoms with Crippen molar-refractivity contribution in [2.75, 3.05) is 0 Å². The highest BCUT2D eigenvalue weighted by Gasteiger charge is 2.12. The zero-order valence-electron chi connectivity index (χ0n) is 12.2. The second-order valence-corrected chi connectivity index (χ2v) is 5.27. The number of non-ortho nitro benzene ring substituents is 1. The van der Waals surface area contributed by atoms with Crippen LogP contribution in [0, 0.1) is 14.9 Å². The topological polar surface area (TPSA) is 90.3 Å². The Balaban J connectivity index is 2.24. The maximum atomic E-state index is 12.2. The molecule has 0 bridgehead atoms. The van der Waals surface area contributed by atoms with Gasteiger partial charge in [0.05, 0.1) is 22.4 Å². The Bertz CT molecular complexity index is 1020. The van der Waals surface area contributed by atoms with Crippen molar-refractivity contribution in [2.45, 2.75) is 0 Å². The van der Waals surface area contributed by atoms with Gasteiger partial charge in [0, 0.05) is 12.1 Å². The van der Waals surface area contributed by atoms with Crippen molar-refractivity contribution in [3.8, 4) is 17.3 Å². The molecule has 0 fully saturated rings. The molecule has 1 aromatic heterocycles. The molecule has 0 saturated heterocycles. The molecule has 0 spiro atoms. The van der Waals surface area contributed by atoms with Crippen LogP contribution in [-0.2, 0) is 0 Å². The van der Waals surface area contributed by atoms with Crippen LogP contribution in [0.1, 0.15) is 0 Å². The quantitative estimate of drug-likeness (QED) is 0.449. The number of rotatable bonds is 3. The van der Waals surface area contributed by atoms with Crippen LogP contribution in [0.5, 0.6) is 5.88 Å². The van der Waals surface area contributed by atoms with E-state index in [1.165, 1.54) is 33.4 Å².